The molecule has 0 aromatic heterocycles. The normalized spacial score (nSPS) is 22.9. The first-order valence-electron chi connectivity index (χ1n) is 6.69. The molecule has 1 heterocycles. The SMILES string of the molecule is CCC1OCCC1CNc1cc(S(N)(=O)=O)ccc1N. The molecule has 0 bridgehead atoms. The fourth-order valence-corrected chi connectivity index (χ4v) is 3.02. The number of anilines is 2. The van der Waals surface area contributed by atoms with Crippen LogP contribution in [-0.4, -0.2) is 27.7 Å². The Balaban J connectivity index is 2.09. The molecule has 2 atom stereocenters. The number of primary sulfonamides is 1. The van der Waals surface area contributed by atoms with Crippen molar-refractivity contribution in [2.24, 2.45) is 11.1 Å². The van der Waals surface area contributed by atoms with Gasteiger partial charge in [0.25, 0.3) is 0 Å². The van der Waals surface area contributed by atoms with Crippen molar-refractivity contribution in [1.29, 1.82) is 0 Å². The number of rotatable bonds is 5. The summed E-state index contributed by atoms with van der Waals surface area (Å²) in [6, 6.07) is 4.43. The first-order valence-corrected chi connectivity index (χ1v) is 8.24. The Labute approximate surface area is 119 Å². The fourth-order valence-electron chi connectivity index (χ4n) is 2.48. The van der Waals surface area contributed by atoms with E-state index in [0.717, 1.165) is 19.4 Å². The lowest BCUT2D eigenvalue weighted by atomic mass is 9.99. The van der Waals surface area contributed by atoms with Gasteiger partial charge in [-0.05, 0) is 31.0 Å². The van der Waals surface area contributed by atoms with Crippen LogP contribution in [0.25, 0.3) is 0 Å². The Kier molecular flexibility index (Phi) is 4.52. The lowest BCUT2D eigenvalue weighted by Gasteiger charge is -2.19. The molecule has 7 heteroatoms. The fraction of sp³-hybridized carbons (Fsp3) is 0.538. The van der Waals surface area contributed by atoms with E-state index in [1.807, 2.05) is 0 Å². The van der Waals surface area contributed by atoms with Gasteiger partial charge in [-0.25, -0.2) is 13.6 Å². The van der Waals surface area contributed by atoms with Crippen LogP contribution in [0, 0.1) is 5.92 Å². The topological polar surface area (TPSA) is 107 Å². The summed E-state index contributed by atoms with van der Waals surface area (Å²) in [7, 11) is -3.72. The van der Waals surface area contributed by atoms with Crippen LogP contribution >= 0.6 is 0 Å². The molecule has 1 aromatic carbocycles. The Morgan fingerprint density at radius 2 is 2.20 bits per heavy atom. The molecule has 5 N–H and O–H groups in total. The minimum atomic E-state index is -3.72. The van der Waals surface area contributed by atoms with E-state index in [4.69, 9.17) is 15.6 Å². The summed E-state index contributed by atoms with van der Waals surface area (Å²) in [6.07, 6.45) is 2.23. The van der Waals surface area contributed by atoms with Gasteiger partial charge in [0.2, 0.25) is 10.0 Å². The third-order valence-corrected chi connectivity index (χ3v) is 4.57. The average Bonchev–Trinajstić information content (AvgIpc) is 2.83. The van der Waals surface area contributed by atoms with Gasteiger partial charge in [-0.3, -0.25) is 0 Å². The number of hydrogen-bond acceptors (Lipinski definition) is 5. The van der Waals surface area contributed by atoms with Crippen LogP contribution in [0.1, 0.15) is 19.8 Å². The molecule has 20 heavy (non-hydrogen) atoms. The predicted molar refractivity (Wildman–Crippen MR) is 78.9 cm³/mol. The van der Waals surface area contributed by atoms with E-state index in [2.05, 4.69) is 12.2 Å². The summed E-state index contributed by atoms with van der Waals surface area (Å²) in [4.78, 5) is 0.0592. The predicted octanol–water partition coefficient (Wildman–Crippen LogP) is 1.14. The van der Waals surface area contributed by atoms with Crippen LogP contribution in [-0.2, 0) is 14.8 Å². The van der Waals surface area contributed by atoms with Crippen molar-refractivity contribution < 1.29 is 13.2 Å². The first kappa shape index (κ1) is 15.1. The second-order valence-corrected chi connectivity index (χ2v) is 6.60. The third kappa shape index (κ3) is 3.41. The van der Waals surface area contributed by atoms with Crippen molar-refractivity contribution in [2.75, 3.05) is 24.2 Å². The lowest BCUT2D eigenvalue weighted by Crippen LogP contribution is -2.23. The molecular formula is C13H21N3O3S. The quantitative estimate of drug-likeness (QED) is 0.707. The zero-order valence-electron chi connectivity index (χ0n) is 11.5. The summed E-state index contributed by atoms with van der Waals surface area (Å²) < 4.78 is 28.3. The van der Waals surface area contributed by atoms with Crippen LogP contribution < -0.4 is 16.2 Å². The largest absolute Gasteiger partial charge is 0.397 e. The summed E-state index contributed by atoms with van der Waals surface area (Å²) in [5, 5.41) is 8.33. The molecule has 0 amide bonds. The van der Waals surface area contributed by atoms with Gasteiger partial charge in [-0.1, -0.05) is 6.92 Å². The van der Waals surface area contributed by atoms with Crippen LogP contribution in [0.5, 0.6) is 0 Å². The van der Waals surface area contributed by atoms with E-state index in [1.54, 1.807) is 6.07 Å². The van der Waals surface area contributed by atoms with Gasteiger partial charge in [-0.15, -0.1) is 0 Å². The second-order valence-electron chi connectivity index (χ2n) is 5.04. The average molecular weight is 299 g/mol. The Morgan fingerprint density at radius 3 is 2.85 bits per heavy atom. The highest BCUT2D eigenvalue weighted by Gasteiger charge is 2.26. The molecule has 0 radical (unpaired) electrons. The highest BCUT2D eigenvalue weighted by molar-refractivity contribution is 7.89. The third-order valence-electron chi connectivity index (χ3n) is 3.66. The van der Waals surface area contributed by atoms with Crippen molar-refractivity contribution in [2.45, 2.75) is 30.8 Å². The van der Waals surface area contributed by atoms with Crippen molar-refractivity contribution in [1.82, 2.24) is 0 Å². The van der Waals surface area contributed by atoms with Gasteiger partial charge in [0.1, 0.15) is 0 Å². The van der Waals surface area contributed by atoms with Gasteiger partial charge in [0, 0.05) is 19.1 Å². The maximum Gasteiger partial charge on any atom is 0.238 e. The van der Waals surface area contributed by atoms with Crippen LogP contribution in [0.4, 0.5) is 11.4 Å². The van der Waals surface area contributed by atoms with Crippen molar-refractivity contribution >= 4 is 21.4 Å². The van der Waals surface area contributed by atoms with Gasteiger partial charge in [-0.2, -0.15) is 0 Å². The zero-order chi connectivity index (χ0) is 14.8. The zero-order valence-corrected chi connectivity index (χ0v) is 12.3. The molecule has 112 valence electrons. The van der Waals surface area contributed by atoms with Crippen molar-refractivity contribution in [3.8, 4) is 0 Å². The first-order chi connectivity index (χ1) is 9.41. The molecule has 1 saturated heterocycles. The van der Waals surface area contributed by atoms with Crippen LogP contribution in [0.2, 0.25) is 0 Å². The Hall–Kier alpha value is -1.31. The molecule has 1 fully saturated rings. The molecule has 1 aliphatic heterocycles. The van der Waals surface area contributed by atoms with E-state index in [0.29, 0.717) is 23.8 Å². The minimum absolute atomic E-state index is 0.0592. The molecule has 1 aliphatic rings. The van der Waals surface area contributed by atoms with E-state index in [1.165, 1.54) is 12.1 Å². The smallest absolute Gasteiger partial charge is 0.238 e. The lowest BCUT2D eigenvalue weighted by molar-refractivity contribution is 0.0900. The summed E-state index contributed by atoms with van der Waals surface area (Å²) in [5.41, 5.74) is 6.95. The van der Waals surface area contributed by atoms with Crippen LogP contribution in [0.3, 0.4) is 0 Å². The van der Waals surface area contributed by atoms with E-state index < -0.39 is 10.0 Å². The molecule has 0 spiro atoms. The highest BCUT2D eigenvalue weighted by atomic mass is 32.2. The summed E-state index contributed by atoms with van der Waals surface area (Å²) in [5.74, 6) is 0.414. The number of ether oxygens (including phenoxy) is 1. The molecule has 0 aliphatic carbocycles. The highest BCUT2D eigenvalue weighted by Crippen LogP contribution is 2.26. The molecule has 2 rings (SSSR count). The maximum absolute atomic E-state index is 11.3. The van der Waals surface area contributed by atoms with Crippen molar-refractivity contribution in [3.63, 3.8) is 0 Å². The van der Waals surface area contributed by atoms with E-state index >= 15 is 0 Å². The van der Waals surface area contributed by atoms with Crippen LogP contribution in [0.15, 0.2) is 23.1 Å². The van der Waals surface area contributed by atoms with E-state index in [-0.39, 0.29) is 11.0 Å². The Morgan fingerprint density at radius 1 is 1.45 bits per heavy atom. The number of nitrogens with two attached hydrogens (primary N) is 2. The number of hydrogen-bond donors (Lipinski definition) is 3. The number of sulfonamides is 1. The molecule has 1 aromatic rings. The van der Waals surface area contributed by atoms with Gasteiger partial charge in [0.15, 0.2) is 0 Å². The molecule has 0 saturated carbocycles. The van der Waals surface area contributed by atoms with Crippen molar-refractivity contribution in [3.05, 3.63) is 18.2 Å². The summed E-state index contributed by atoms with van der Waals surface area (Å²) in [6.45, 7) is 3.58. The monoisotopic (exact) mass is 299 g/mol. The molecule has 6 nitrogen and oxygen atoms in total. The second kappa shape index (κ2) is 5.99. The van der Waals surface area contributed by atoms with E-state index in [9.17, 15) is 8.42 Å². The maximum atomic E-state index is 11.3. The van der Waals surface area contributed by atoms with Gasteiger partial charge < -0.3 is 15.8 Å². The number of nitrogens with one attached hydrogen (secondary N) is 1. The van der Waals surface area contributed by atoms with Gasteiger partial charge in [0.05, 0.1) is 22.4 Å². The Bertz CT molecular complexity index is 574. The number of benzene rings is 1. The summed E-state index contributed by atoms with van der Waals surface area (Å²) >= 11 is 0. The molecule has 2 unspecified atom stereocenters. The standard InChI is InChI=1S/C13H21N3O3S/c1-2-13-9(5-6-19-13)8-16-12-7-10(20(15,17)18)3-4-11(12)14/h3-4,7,9,13,16H,2,5-6,8,14H2,1H3,(H2,15,17,18). The molecular weight excluding hydrogens is 278 g/mol. The minimum Gasteiger partial charge on any atom is -0.397 e. The number of nitrogen functional groups attached to an aromatic ring is 1. The van der Waals surface area contributed by atoms with Gasteiger partial charge >= 0.3 is 0 Å².